The number of likely N-dealkylation sites (N-methyl/N-ethyl adjacent to an activating group) is 1. The highest BCUT2D eigenvalue weighted by Crippen LogP contribution is 2.18. The average molecular weight is 384 g/mol. The average Bonchev–Trinajstić information content (AvgIpc) is 2.65. The molecular formula is C22H28N2O4. The van der Waals surface area contributed by atoms with E-state index in [0.717, 1.165) is 22.4 Å². The molecule has 0 aliphatic heterocycles. The van der Waals surface area contributed by atoms with Crippen LogP contribution in [0.1, 0.15) is 16.7 Å². The van der Waals surface area contributed by atoms with Gasteiger partial charge in [0.25, 0.3) is 5.91 Å². The molecule has 2 aromatic rings. The van der Waals surface area contributed by atoms with E-state index in [2.05, 4.69) is 0 Å². The van der Waals surface area contributed by atoms with Gasteiger partial charge < -0.3 is 19.3 Å². The molecule has 0 bridgehead atoms. The number of esters is 1. The summed E-state index contributed by atoms with van der Waals surface area (Å²) >= 11 is 0. The van der Waals surface area contributed by atoms with Crippen LogP contribution in [-0.4, -0.2) is 51.1 Å². The molecule has 0 aliphatic rings. The van der Waals surface area contributed by atoms with Crippen molar-refractivity contribution in [1.29, 1.82) is 0 Å². The Balaban J connectivity index is 1.76. The van der Waals surface area contributed by atoms with Crippen LogP contribution in [-0.2, 0) is 20.9 Å². The van der Waals surface area contributed by atoms with Crippen LogP contribution in [0, 0.1) is 13.8 Å². The number of amides is 1. The summed E-state index contributed by atoms with van der Waals surface area (Å²) in [7, 11) is 5.63. The molecule has 0 aliphatic carbocycles. The van der Waals surface area contributed by atoms with E-state index >= 15 is 0 Å². The fraction of sp³-hybridized carbons (Fsp3) is 0.364. The lowest BCUT2D eigenvalue weighted by atomic mass is 10.1. The lowest BCUT2D eigenvalue weighted by Gasteiger charge is -2.18. The van der Waals surface area contributed by atoms with Gasteiger partial charge in [-0.2, -0.15) is 0 Å². The molecule has 1 amide bonds. The second-order valence-corrected chi connectivity index (χ2v) is 7.03. The van der Waals surface area contributed by atoms with Crippen LogP contribution in [0.25, 0.3) is 0 Å². The third-order valence-electron chi connectivity index (χ3n) is 4.33. The number of hydrogen-bond donors (Lipinski definition) is 0. The Morgan fingerprint density at radius 1 is 0.929 bits per heavy atom. The standard InChI is InChI=1S/C22H28N2O4/c1-16-6-11-20(17(2)12-16)27-15-22(26)28-14-21(25)24(5)13-18-7-9-19(10-8-18)23(3)4/h6-12H,13-15H2,1-5H3. The largest absolute Gasteiger partial charge is 0.482 e. The zero-order chi connectivity index (χ0) is 20.7. The van der Waals surface area contributed by atoms with Crippen LogP contribution in [0.15, 0.2) is 42.5 Å². The van der Waals surface area contributed by atoms with Gasteiger partial charge >= 0.3 is 5.97 Å². The first-order valence-corrected chi connectivity index (χ1v) is 9.12. The Hall–Kier alpha value is -3.02. The SMILES string of the molecule is Cc1ccc(OCC(=O)OCC(=O)N(C)Cc2ccc(N(C)C)cc2)c(C)c1. The van der Waals surface area contributed by atoms with Gasteiger partial charge in [0, 0.05) is 33.4 Å². The van der Waals surface area contributed by atoms with E-state index in [1.807, 2.05) is 75.3 Å². The minimum absolute atomic E-state index is 0.229. The fourth-order valence-electron chi connectivity index (χ4n) is 2.65. The highest BCUT2D eigenvalue weighted by Gasteiger charge is 2.13. The van der Waals surface area contributed by atoms with Crippen molar-refractivity contribution in [1.82, 2.24) is 4.90 Å². The van der Waals surface area contributed by atoms with Crippen molar-refractivity contribution in [3.63, 3.8) is 0 Å². The topological polar surface area (TPSA) is 59.1 Å². The second-order valence-electron chi connectivity index (χ2n) is 7.03. The predicted octanol–water partition coefficient (Wildman–Crippen LogP) is 2.95. The van der Waals surface area contributed by atoms with Gasteiger partial charge in [0.1, 0.15) is 5.75 Å². The number of anilines is 1. The van der Waals surface area contributed by atoms with Crippen LogP contribution in [0.2, 0.25) is 0 Å². The molecule has 0 heterocycles. The summed E-state index contributed by atoms with van der Waals surface area (Å²) in [6, 6.07) is 13.7. The molecule has 2 aromatic carbocycles. The van der Waals surface area contributed by atoms with Gasteiger partial charge in [0.05, 0.1) is 0 Å². The van der Waals surface area contributed by atoms with Gasteiger partial charge in [-0.1, -0.05) is 29.8 Å². The molecule has 0 fully saturated rings. The zero-order valence-electron chi connectivity index (χ0n) is 17.2. The number of benzene rings is 2. The van der Waals surface area contributed by atoms with Crippen molar-refractivity contribution in [3.05, 3.63) is 59.2 Å². The van der Waals surface area contributed by atoms with Crippen LogP contribution >= 0.6 is 0 Å². The molecule has 0 saturated carbocycles. The molecular weight excluding hydrogens is 356 g/mol. The molecule has 0 unspecified atom stereocenters. The summed E-state index contributed by atoms with van der Waals surface area (Å²) in [5, 5.41) is 0. The fourth-order valence-corrected chi connectivity index (χ4v) is 2.65. The van der Waals surface area contributed by atoms with E-state index in [1.165, 1.54) is 4.90 Å². The van der Waals surface area contributed by atoms with E-state index in [4.69, 9.17) is 9.47 Å². The van der Waals surface area contributed by atoms with Gasteiger partial charge in [-0.05, 0) is 43.2 Å². The molecule has 28 heavy (non-hydrogen) atoms. The quantitative estimate of drug-likeness (QED) is 0.655. The Morgan fingerprint density at radius 3 is 2.21 bits per heavy atom. The van der Waals surface area contributed by atoms with Crippen LogP contribution < -0.4 is 9.64 Å². The molecule has 0 saturated heterocycles. The first kappa shape index (κ1) is 21.3. The van der Waals surface area contributed by atoms with Crippen molar-refractivity contribution in [3.8, 4) is 5.75 Å². The third kappa shape index (κ3) is 6.30. The van der Waals surface area contributed by atoms with Crippen molar-refractivity contribution < 1.29 is 19.1 Å². The van der Waals surface area contributed by atoms with Crippen molar-refractivity contribution in [2.75, 3.05) is 39.3 Å². The normalized spacial score (nSPS) is 10.3. The smallest absolute Gasteiger partial charge is 0.344 e. The maximum Gasteiger partial charge on any atom is 0.344 e. The van der Waals surface area contributed by atoms with Gasteiger partial charge in [-0.25, -0.2) is 4.79 Å². The number of rotatable bonds is 8. The van der Waals surface area contributed by atoms with Crippen LogP contribution in [0.4, 0.5) is 5.69 Å². The first-order valence-electron chi connectivity index (χ1n) is 9.12. The summed E-state index contributed by atoms with van der Waals surface area (Å²) < 4.78 is 10.5. The molecule has 0 spiro atoms. The Kier molecular flexibility index (Phi) is 7.44. The second kappa shape index (κ2) is 9.78. The number of aryl methyl sites for hydroxylation is 2. The Bertz CT molecular complexity index is 816. The number of ether oxygens (including phenoxy) is 2. The molecule has 0 N–H and O–H groups in total. The lowest BCUT2D eigenvalue weighted by Crippen LogP contribution is -2.31. The third-order valence-corrected chi connectivity index (χ3v) is 4.33. The van der Waals surface area contributed by atoms with Crippen molar-refractivity contribution >= 4 is 17.6 Å². The maximum absolute atomic E-state index is 12.2. The number of carbonyl (C=O) groups excluding carboxylic acids is 2. The highest BCUT2D eigenvalue weighted by atomic mass is 16.6. The van der Waals surface area contributed by atoms with E-state index in [-0.39, 0.29) is 19.1 Å². The molecule has 6 heteroatoms. The zero-order valence-corrected chi connectivity index (χ0v) is 17.2. The van der Waals surface area contributed by atoms with Gasteiger partial charge in [-0.15, -0.1) is 0 Å². The van der Waals surface area contributed by atoms with Crippen molar-refractivity contribution in [2.24, 2.45) is 0 Å². The lowest BCUT2D eigenvalue weighted by molar-refractivity contribution is -0.153. The predicted molar refractivity (Wildman–Crippen MR) is 110 cm³/mol. The van der Waals surface area contributed by atoms with Crippen LogP contribution in [0.5, 0.6) is 5.75 Å². The van der Waals surface area contributed by atoms with Gasteiger partial charge in [-0.3, -0.25) is 4.79 Å². The number of nitrogens with zero attached hydrogens (tertiary/aromatic N) is 2. The summed E-state index contributed by atoms with van der Waals surface area (Å²) in [5.41, 5.74) is 4.17. The minimum atomic E-state index is -0.572. The number of carbonyl (C=O) groups is 2. The Labute approximate surface area is 166 Å². The minimum Gasteiger partial charge on any atom is -0.482 e. The summed E-state index contributed by atoms with van der Waals surface area (Å²) in [4.78, 5) is 27.6. The summed E-state index contributed by atoms with van der Waals surface area (Å²) in [6.45, 7) is 3.82. The van der Waals surface area contributed by atoms with Gasteiger partial charge in [0.2, 0.25) is 0 Å². The summed E-state index contributed by atoms with van der Waals surface area (Å²) in [5.74, 6) is -0.208. The maximum atomic E-state index is 12.2. The summed E-state index contributed by atoms with van der Waals surface area (Å²) in [6.07, 6.45) is 0. The van der Waals surface area contributed by atoms with E-state index in [1.54, 1.807) is 7.05 Å². The van der Waals surface area contributed by atoms with E-state index < -0.39 is 5.97 Å². The molecule has 150 valence electrons. The van der Waals surface area contributed by atoms with E-state index in [0.29, 0.717) is 12.3 Å². The Morgan fingerprint density at radius 2 is 1.61 bits per heavy atom. The molecule has 0 atom stereocenters. The molecule has 0 radical (unpaired) electrons. The highest BCUT2D eigenvalue weighted by molar-refractivity contribution is 5.80. The van der Waals surface area contributed by atoms with Crippen molar-refractivity contribution in [2.45, 2.75) is 20.4 Å². The van der Waals surface area contributed by atoms with E-state index in [9.17, 15) is 9.59 Å². The van der Waals surface area contributed by atoms with Gasteiger partial charge in [0.15, 0.2) is 13.2 Å². The molecule has 0 aromatic heterocycles. The first-order chi connectivity index (χ1) is 13.3. The monoisotopic (exact) mass is 384 g/mol. The molecule has 2 rings (SSSR count). The molecule has 6 nitrogen and oxygen atoms in total. The number of hydrogen-bond acceptors (Lipinski definition) is 5. The van der Waals surface area contributed by atoms with Crippen LogP contribution in [0.3, 0.4) is 0 Å².